The summed E-state index contributed by atoms with van der Waals surface area (Å²) >= 11 is 0. The smallest absolute Gasteiger partial charge is 0.294 e. The number of hydrogen-bond acceptors (Lipinski definition) is 8. The van der Waals surface area contributed by atoms with Gasteiger partial charge in [-0.1, -0.05) is 75.7 Å². The second-order valence-corrected chi connectivity index (χ2v) is 11.1. The second-order valence-electron chi connectivity index (χ2n) is 11.1. The lowest BCUT2D eigenvalue weighted by molar-refractivity contribution is -0.759. The zero-order valence-electron chi connectivity index (χ0n) is 24.4. The first-order valence-corrected chi connectivity index (χ1v) is 14.6. The Kier molecular flexibility index (Phi) is 10.6. The molecule has 2 heterocycles. The molecule has 0 spiro atoms. The zero-order chi connectivity index (χ0) is 30.1. The Morgan fingerprint density at radius 1 is 1.12 bits per heavy atom. The number of unbranched alkanes of at least 4 members (excludes halogenated alkanes) is 1. The van der Waals surface area contributed by atoms with Gasteiger partial charge in [-0.25, -0.2) is 0 Å². The molecule has 1 aliphatic heterocycles. The van der Waals surface area contributed by atoms with E-state index in [1.807, 2.05) is 69.3 Å². The minimum Gasteiger partial charge on any atom is -0.341 e. The monoisotopic (exact) mass is 577 g/mol. The number of aromatic amines is 1. The Balaban J connectivity index is 1.53. The Morgan fingerprint density at radius 2 is 1.81 bits per heavy atom. The van der Waals surface area contributed by atoms with Crippen LogP contribution in [-0.4, -0.2) is 73.1 Å². The predicted molar refractivity (Wildman–Crippen MR) is 156 cm³/mol. The van der Waals surface area contributed by atoms with Crippen LogP contribution in [0.4, 0.5) is 0 Å². The Labute approximate surface area is 245 Å². The summed E-state index contributed by atoms with van der Waals surface area (Å²) < 4.78 is 0. The molecule has 0 unspecified atom stereocenters. The summed E-state index contributed by atoms with van der Waals surface area (Å²) in [6.45, 7) is 7.31. The summed E-state index contributed by atoms with van der Waals surface area (Å²) in [7, 11) is 0. The summed E-state index contributed by atoms with van der Waals surface area (Å²) in [5, 5.41) is 24.2. The Bertz CT molecular complexity index is 1320. The molecule has 1 atom stereocenters. The van der Waals surface area contributed by atoms with E-state index < -0.39 is 11.1 Å². The molecule has 1 aromatic heterocycles. The maximum Gasteiger partial charge on any atom is 0.294 e. The average molecular weight is 578 g/mol. The molecule has 1 N–H and O–H groups in total. The van der Waals surface area contributed by atoms with E-state index in [1.54, 1.807) is 9.80 Å². The van der Waals surface area contributed by atoms with Crippen molar-refractivity contribution in [1.29, 1.82) is 0 Å². The van der Waals surface area contributed by atoms with Crippen LogP contribution in [0.15, 0.2) is 48.5 Å². The van der Waals surface area contributed by atoms with Gasteiger partial charge in [0.25, 0.3) is 5.09 Å². The molecular formula is C30H39N7O5. The highest BCUT2D eigenvalue weighted by molar-refractivity contribution is 5.88. The van der Waals surface area contributed by atoms with E-state index >= 15 is 0 Å². The van der Waals surface area contributed by atoms with Crippen molar-refractivity contribution in [2.45, 2.75) is 65.5 Å². The van der Waals surface area contributed by atoms with Crippen LogP contribution >= 0.6 is 0 Å². The van der Waals surface area contributed by atoms with Gasteiger partial charge in [0.05, 0.1) is 6.61 Å². The summed E-state index contributed by atoms with van der Waals surface area (Å²) in [6.07, 6.45) is 3.27. The number of piperidine rings is 1. The standard InChI is InChI=1S/C30H39N7O5/c1-4-5-10-27(38)36(28(21(2)3)30(39)35-17-15-23(16-18-35)20-42-37(40)41)19-22-11-13-24(14-12-22)25-8-6-7-9-26(25)29-31-33-34-32-29/h6-9,11-14,21,23,28H,4-5,10,15-20H2,1-3H3,(H,31,32,33,34)/t28-/m0/s1. The van der Waals surface area contributed by atoms with E-state index in [0.29, 0.717) is 44.7 Å². The summed E-state index contributed by atoms with van der Waals surface area (Å²) in [5.74, 6) is 0.330. The van der Waals surface area contributed by atoms with Gasteiger partial charge in [0.1, 0.15) is 6.04 Å². The number of aromatic nitrogens is 4. The molecule has 224 valence electrons. The van der Waals surface area contributed by atoms with Crippen molar-refractivity contribution < 1.29 is 19.5 Å². The molecular weight excluding hydrogens is 538 g/mol. The number of nitrogens with zero attached hydrogens (tertiary/aromatic N) is 6. The normalized spacial score (nSPS) is 14.5. The molecule has 0 aliphatic carbocycles. The number of carbonyl (C=O) groups is 2. The highest BCUT2D eigenvalue weighted by Gasteiger charge is 2.36. The van der Waals surface area contributed by atoms with Gasteiger partial charge in [0.2, 0.25) is 17.6 Å². The molecule has 4 rings (SSSR count). The number of nitrogens with one attached hydrogen (secondary N) is 1. The van der Waals surface area contributed by atoms with Crippen molar-refractivity contribution in [2.24, 2.45) is 11.8 Å². The van der Waals surface area contributed by atoms with Gasteiger partial charge >= 0.3 is 0 Å². The summed E-state index contributed by atoms with van der Waals surface area (Å²) in [5.41, 5.74) is 3.72. The number of likely N-dealkylation sites (tertiary alicyclic amines) is 1. The summed E-state index contributed by atoms with van der Waals surface area (Å²) in [6, 6.07) is 15.2. The third-order valence-electron chi connectivity index (χ3n) is 7.76. The number of rotatable bonds is 13. The zero-order valence-corrected chi connectivity index (χ0v) is 24.4. The van der Waals surface area contributed by atoms with Gasteiger partial charge < -0.3 is 14.6 Å². The fourth-order valence-electron chi connectivity index (χ4n) is 5.46. The van der Waals surface area contributed by atoms with Gasteiger partial charge in [0, 0.05) is 31.6 Å². The van der Waals surface area contributed by atoms with E-state index in [2.05, 4.69) is 25.5 Å². The quantitative estimate of drug-likeness (QED) is 0.230. The van der Waals surface area contributed by atoms with Crippen molar-refractivity contribution in [3.63, 3.8) is 0 Å². The first kappa shape index (κ1) is 30.6. The fraction of sp³-hybridized carbons (Fsp3) is 0.500. The molecule has 3 aromatic rings. The van der Waals surface area contributed by atoms with E-state index in [-0.39, 0.29) is 30.3 Å². The first-order valence-electron chi connectivity index (χ1n) is 14.6. The Hall–Kier alpha value is -4.35. The molecule has 12 heteroatoms. The van der Waals surface area contributed by atoms with Crippen LogP contribution in [0.1, 0.15) is 58.4 Å². The maximum absolute atomic E-state index is 13.9. The molecule has 2 aromatic carbocycles. The van der Waals surface area contributed by atoms with E-state index in [1.165, 1.54) is 0 Å². The van der Waals surface area contributed by atoms with Crippen LogP contribution < -0.4 is 0 Å². The lowest BCUT2D eigenvalue weighted by Gasteiger charge is -2.39. The third-order valence-corrected chi connectivity index (χ3v) is 7.76. The van der Waals surface area contributed by atoms with Crippen LogP contribution in [0.2, 0.25) is 0 Å². The molecule has 0 saturated carbocycles. The minimum absolute atomic E-state index is 0.0305. The Morgan fingerprint density at radius 3 is 2.40 bits per heavy atom. The average Bonchev–Trinajstić information content (AvgIpc) is 3.54. The lowest BCUT2D eigenvalue weighted by Crippen LogP contribution is -2.54. The predicted octanol–water partition coefficient (Wildman–Crippen LogP) is 4.52. The van der Waals surface area contributed by atoms with Gasteiger partial charge in [-0.05, 0) is 53.0 Å². The molecule has 2 amide bonds. The minimum atomic E-state index is -0.772. The molecule has 1 fully saturated rings. The maximum atomic E-state index is 13.9. The molecule has 0 bridgehead atoms. The number of carbonyl (C=O) groups excluding carboxylic acids is 2. The number of H-pyrrole nitrogens is 1. The molecule has 42 heavy (non-hydrogen) atoms. The largest absolute Gasteiger partial charge is 0.341 e. The van der Waals surface area contributed by atoms with Crippen LogP contribution in [0.25, 0.3) is 22.5 Å². The van der Waals surface area contributed by atoms with Crippen molar-refractivity contribution in [3.05, 3.63) is 64.2 Å². The van der Waals surface area contributed by atoms with Gasteiger partial charge in [-0.15, -0.1) is 20.3 Å². The van der Waals surface area contributed by atoms with Crippen molar-refractivity contribution in [1.82, 2.24) is 30.4 Å². The molecule has 1 saturated heterocycles. The first-order chi connectivity index (χ1) is 20.3. The molecule has 12 nitrogen and oxygen atoms in total. The lowest BCUT2D eigenvalue weighted by atomic mass is 9.94. The highest BCUT2D eigenvalue weighted by atomic mass is 16.9. The van der Waals surface area contributed by atoms with Crippen molar-refractivity contribution >= 4 is 11.8 Å². The number of hydrogen-bond donors (Lipinski definition) is 1. The molecule has 1 aliphatic rings. The fourth-order valence-corrected chi connectivity index (χ4v) is 5.46. The summed E-state index contributed by atoms with van der Waals surface area (Å²) in [4.78, 5) is 46.1. The second kappa shape index (κ2) is 14.5. The topological polar surface area (TPSA) is 147 Å². The van der Waals surface area contributed by atoms with E-state index in [9.17, 15) is 19.7 Å². The SMILES string of the molecule is CCCCC(=O)N(Cc1ccc(-c2ccccc2-c2nn[nH]n2)cc1)[C@H](C(=O)N1CCC(CO[N+](=O)[O-])CC1)C(C)C. The van der Waals surface area contributed by atoms with Crippen LogP contribution in [0.3, 0.4) is 0 Å². The van der Waals surface area contributed by atoms with Crippen molar-refractivity contribution in [2.75, 3.05) is 19.7 Å². The van der Waals surface area contributed by atoms with E-state index in [0.717, 1.165) is 35.1 Å². The number of benzene rings is 2. The van der Waals surface area contributed by atoms with Gasteiger partial charge in [-0.3, -0.25) is 9.59 Å². The third kappa shape index (κ3) is 7.68. The molecule has 0 radical (unpaired) electrons. The number of tetrazole rings is 1. The van der Waals surface area contributed by atoms with Crippen molar-refractivity contribution in [3.8, 4) is 22.5 Å². The number of amides is 2. The van der Waals surface area contributed by atoms with Gasteiger partial charge in [0.15, 0.2) is 0 Å². The van der Waals surface area contributed by atoms with Gasteiger partial charge in [-0.2, -0.15) is 5.21 Å². The van der Waals surface area contributed by atoms with Crippen LogP contribution in [0, 0.1) is 22.0 Å². The van der Waals surface area contributed by atoms with Crippen LogP contribution in [0.5, 0.6) is 0 Å². The highest BCUT2D eigenvalue weighted by Crippen LogP contribution is 2.30. The van der Waals surface area contributed by atoms with Crippen LogP contribution in [-0.2, 0) is 21.0 Å². The van der Waals surface area contributed by atoms with E-state index in [4.69, 9.17) is 0 Å².